The Morgan fingerprint density at radius 2 is 1.52 bits per heavy atom. The van der Waals surface area contributed by atoms with E-state index in [1.54, 1.807) is 18.2 Å². The molecule has 0 spiro atoms. The summed E-state index contributed by atoms with van der Waals surface area (Å²) in [5.74, 6) is -0.295. The van der Waals surface area contributed by atoms with Crippen LogP contribution in [-0.4, -0.2) is 49.5 Å². The lowest BCUT2D eigenvalue weighted by Gasteiger charge is -2.26. The smallest absolute Gasteiger partial charge is 0.251 e. The van der Waals surface area contributed by atoms with Crippen LogP contribution in [0, 0.1) is 13.8 Å². The Hall–Kier alpha value is -2.94. The van der Waals surface area contributed by atoms with Gasteiger partial charge in [0.2, 0.25) is 10.0 Å². The maximum Gasteiger partial charge on any atom is 0.251 e. The number of benzene rings is 2. The van der Waals surface area contributed by atoms with Gasteiger partial charge in [0, 0.05) is 42.3 Å². The molecular formula is C25H29N3O4S. The van der Waals surface area contributed by atoms with Crippen molar-refractivity contribution in [3.05, 3.63) is 88.7 Å². The van der Waals surface area contributed by atoms with Crippen molar-refractivity contribution in [2.45, 2.75) is 26.1 Å². The van der Waals surface area contributed by atoms with Crippen molar-refractivity contribution in [3.8, 4) is 5.69 Å². The highest BCUT2D eigenvalue weighted by Crippen LogP contribution is 2.18. The van der Waals surface area contributed by atoms with E-state index in [9.17, 15) is 13.2 Å². The normalized spacial score (nSPS) is 14.8. The number of aromatic nitrogens is 1. The lowest BCUT2D eigenvalue weighted by atomic mass is 10.1. The van der Waals surface area contributed by atoms with Crippen LogP contribution in [0.15, 0.2) is 60.7 Å². The number of sulfonamides is 1. The predicted octanol–water partition coefficient (Wildman–Crippen LogP) is 3.19. The van der Waals surface area contributed by atoms with Crippen LogP contribution in [0.1, 0.15) is 32.9 Å². The van der Waals surface area contributed by atoms with E-state index in [2.05, 4.69) is 22.0 Å². The summed E-state index contributed by atoms with van der Waals surface area (Å²) in [6, 6.07) is 18.9. The molecule has 0 radical (unpaired) electrons. The van der Waals surface area contributed by atoms with Crippen LogP contribution < -0.4 is 5.32 Å². The van der Waals surface area contributed by atoms with Crippen LogP contribution in [-0.2, 0) is 27.1 Å². The van der Waals surface area contributed by atoms with Crippen molar-refractivity contribution >= 4 is 15.9 Å². The Morgan fingerprint density at radius 1 is 0.909 bits per heavy atom. The number of hydrogen-bond acceptors (Lipinski definition) is 4. The number of amides is 1. The van der Waals surface area contributed by atoms with Crippen LogP contribution >= 0.6 is 0 Å². The average Bonchev–Trinajstić information content (AvgIpc) is 3.16. The maximum absolute atomic E-state index is 12.8. The minimum atomic E-state index is -3.44. The fourth-order valence-corrected chi connectivity index (χ4v) is 5.66. The lowest BCUT2D eigenvalue weighted by Crippen LogP contribution is -2.41. The van der Waals surface area contributed by atoms with E-state index >= 15 is 0 Å². The zero-order valence-electron chi connectivity index (χ0n) is 19.0. The van der Waals surface area contributed by atoms with Crippen LogP contribution in [0.5, 0.6) is 0 Å². The molecule has 1 fully saturated rings. The third-order valence-electron chi connectivity index (χ3n) is 5.92. The summed E-state index contributed by atoms with van der Waals surface area (Å²) in [7, 11) is -3.44. The summed E-state index contributed by atoms with van der Waals surface area (Å²) in [6.45, 7) is 5.93. The first-order valence-corrected chi connectivity index (χ1v) is 12.6. The number of rotatable bonds is 7. The Morgan fingerprint density at radius 3 is 2.15 bits per heavy atom. The molecule has 0 atom stereocenters. The third-order valence-corrected chi connectivity index (χ3v) is 7.75. The van der Waals surface area contributed by atoms with Gasteiger partial charge in [-0.15, -0.1) is 0 Å². The number of carbonyl (C=O) groups is 1. The van der Waals surface area contributed by atoms with E-state index in [1.165, 1.54) is 4.31 Å². The molecule has 0 saturated carbocycles. The molecule has 1 N–H and O–H groups in total. The zero-order valence-corrected chi connectivity index (χ0v) is 19.8. The van der Waals surface area contributed by atoms with Gasteiger partial charge in [-0.3, -0.25) is 4.79 Å². The summed E-state index contributed by atoms with van der Waals surface area (Å²) >= 11 is 0. The highest BCUT2D eigenvalue weighted by molar-refractivity contribution is 7.88. The van der Waals surface area contributed by atoms with Gasteiger partial charge < -0.3 is 14.6 Å². The quantitative estimate of drug-likeness (QED) is 0.579. The molecule has 3 aromatic rings. The van der Waals surface area contributed by atoms with E-state index in [1.807, 2.05) is 44.2 Å². The fourth-order valence-electron chi connectivity index (χ4n) is 4.10. The number of carbonyl (C=O) groups excluding carboxylic acids is 1. The minimum absolute atomic E-state index is 0.0939. The van der Waals surface area contributed by atoms with Gasteiger partial charge in [-0.1, -0.05) is 24.3 Å². The number of hydrogen-bond donors (Lipinski definition) is 1. The molecule has 2 aromatic carbocycles. The van der Waals surface area contributed by atoms with E-state index in [0.29, 0.717) is 37.4 Å². The molecule has 1 amide bonds. The van der Waals surface area contributed by atoms with Gasteiger partial charge in [0.1, 0.15) is 0 Å². The minimum Gasteiger partial charge on any atom is -0.379 e. The molecular weight excluding hydrogens is 438 g/mol. The SMILES string of the molecule is Cc1ccc(C)n1-c1ccc(C(=O)NCc2ccccc2CS(=O)(=O)N2CCOCC2)cc1. The molecule has 1 saturated heterocycles. The largest absolute Gasteiger partial charge is 0.379 e. The molecule has 0 bridgehead atoms. The van der Waals surface area contributed by atoms with Gasteiger partial charge in [0.15, 0.2) is 0 Å². The fraction of sp³-hybridized carbons (Fsp3) is 0.320. The molecule has 1 aliphatic heterocycles. The van der Waals surface area contributed by atoms with E-state index in [4.69, 9.17) is 4.74 Å². The summed E-state index contributed by atoms with van der Waals surface area (Å²) < 4.78 is 34.5. The Balaban J connectivity index is 1.43. The van der Waals surface area contributed by atoms with Crippen molar-refractivity contribution in [1.82, 2.24) is 14.2 Å². The van der Waals surface area contributed by atoms with Crippen LogP contribution in [0.2, 0.25) is 0 Å². The van der Waals surface area contributed by atoms with Gasteiger partial charge in [-0.2, -0.15) is 4.31 Å². The van der Waals surface area contributed by atoms with Crippen LogP contribution in [0.4, 0.5) is 0 Å². The third kappa shape index (κ3) is 5.35. The molecule has 174 valence electrons. The van der Waals surface area contributed by atoms with Gasteiger partial charge >= 0.3 is 0 Å². The molecule has 4 rings (SSSR count). The van der Waals surface area contributed by atoms with Gasteiger partial charge in [-0.25, -0.2) is 8.42 Å². The summed E-state index contributed by atoms with van der Waals surface area (Å²) in [5.41, 5.74) is 5.31. The molecule has 8 heteroatoms. The van der Waals surface area contributed by atoms with Crippen molar-refractivity contribution < 1.29 is 17.9 Å². The van der Waals surface area contributed by atoms with Gasteiger partial charge in [0.25, 0.3) is 5.91 Å². The summed E-state index contributed by atoms with van der Waals surface area (Å²) in [4.78, 5) is 12.7. The first-order chi connectivity index (χ1) is 15.8. The number of nitrogens with one attached hydrogen (secondary N) is 1. The Kier molecular flexibility index (Phi) is 6.97. The first kappa shape index (κ1) is 23.2. The lowest BCUT2D eigenvalue weighted by molar-refractivity contribution is 0.0729. The van der Waals surface area contributed by atoms with Crippen molar-refractivity contribution in [1.29, 1.82) is 0 Å². The van der Waals surface area contributed by atoms with Crippen molar-refractivity contribution in [2.75, 3.05) is 26.3 Å². The highest BCUT2D eigenvalue weighted by Gasteiger charge is 2.25. The van der Waals surface area contributed by atoms with Gasteiger partial charge in [-0.05, 0) is 61.4 Å². The van der Waals surface area contributed by atoms with Crippen LogP contribution in [0.25, 0.3) is 5.69 Å². The second kappa shape index (κ2) is 9.91. The van der Waals surface area contributed by atoms with E-state index < -0.39 is 10.0 Å². The Bertz CT molecular complexity index is 1210. The van der Waals surface area contributed by atoms with E-state index in [0.717, 1.165) is 22.6 Å². The Labute approximate surface area is 195 Å². The molecule has 0 unspecified atom stereocenters. The topological polar surface area (TPSA) is 80.6 Å². The second-order valence-corrected chi connectivity index (χ2v) is 10.2. The predicted molar refractivity (Wildman–Crippen MR) is 128 cm³/mol. The molecule has 1 aromatic heterocycles. The summed E-state index contributed by atoms with van der Waals surface area (Å²) in [5, 5.41) is 2.92. The number of morpholine rings is 1. The molecule has 1 aliphatic rings. The molecule has 0 aliphatic carbocycles. The molecule has 2 heterocycles. The first-order valence-electron chi connectivity index (χ1n) is 11.0. The average molecular weight is 468 g/mol. The maximum atomic E-state index is 12.8. The number of ether oxygens (including phenoxy) is 1. The van der Waals surface area contributed by atoms with Crippen molar-refractivity contribution in [3.63, 3.8) is 0 Å². The second-order valence-electron chi connectivity index (χ2n) is 8.22. The number of aryl methyl sites for hydroxylation is 2. The monoisotopic (exact) mass is 467 g/mol. The standard InChI is InChI=1S/C25H29N3O4S/c1-19-7-8-20(2)28(19)24-11-9-21(10-12-24)25(29)26-17-22-5-3-4-6-23(22)18-33(30,31)27-13-15-32-16-14-27/h3-12H,13-18H2,1-2H3,(H,26,29). The van der Waals surface area contributed by atoms with Crippen molar-refractivity contribution in [2.24, 2.45) is 0 Å². The summed E-state index contributed by atoms with van der Waals surface area (Å²) in [6.07, 6.45) is 0. The van der Waals surface area contributed by atoms with Crippen LogP contribution in [0.3, 0.4) is 0 Å². The molecule has 7 nitrogen and oxygen atoms in total. The highest BCUT2D eigenvalue weighted by atomic mass is 32.2. The number of nitrogens with zero attached hydrogens (tertiary/aromatic N) is 2. The van der Waals surface area contributed by atoms with E-state index in [-0.39, 0.29) is 18.2 Å². The molecule has 33 heavy (non-hydrogen) atoms. The zero-order chi connectivity index (χ0) is 23.4. The van der Waals surface area contributed by atoms with Gasteiger partial charge in [0.05, 0.1) is 19.0 Å².